The summed E-state index contributed by atoms with van der Waals surface area (Å²) in [5.41, 5.74) is 15.0. The number of hydrogen-bond donors (Lipinski definition) is 12. The van der Waals surface area contributed by atoms with Crippen molar-refractivity contribution < 1.29 is 59.5 Å². The lowest BCUT2D eigenvalue weighted by atomic mass is 9.75. The third-order valence-electron chi connectivity index (χ3n) is 7.83. The predicted octanol–water partition coefficient (Wildman–Crippen LogP) is -5.71. The average Bonchev–Trinajstić information content (AvgIpc) is 2.97. The lowest BCUT2D eigenvalue weighted by Crippen LogP contribution is -2.69. The summed E-state index contributed by atoms with van der Waals surface area (Å²) in [6.45, 7) is 1.39. The molecule has 3 fully saturated rings. The van der Waals surface area contributed by atoms with E-state index in [-0.39, 0.29) is 71.1 Å². The molecule has 17 nitrogen and oxygen atoms in total. The molecule has 43 heavy (non-hydrogen) atoms. The maximum Gasteiger partial charge on any atom is 0.252 e. The highest BCUT2D eigenvalue weighted by Crippen LogP contribution is 2.34. The highest BCUT2D eigenvalue weighted by Gasteiger charge is 2.52. The van der Waals surface area contributed by atoms with Crippen molar-refractivity contribution in [2.75, 3.05) is 40.0 Å². The Morgan fingerprint density at radius 3 is 2.33 bits per heavy atom. The molecule has 0 radical (unpaired) electrons. The Morgan fingerprint density at radius 1 is 1.07 bits per heavy atom. The smallest absolute Gasteiger partial charge is 0.252 e. The number of nitrogens with two attached hydrogens (primary N) is 3. The largest absolute Gasteiger partial charge is 0.395 e. The van der Waals surface area contributed by atoms with Crippen LogP contribution in [0.4, 0.5) is 0 Å². The highest BCUT2D eigenvalue weighted by molar-refractivity contribution is 5.86. The summed E-state index contributed by atoms with van der Waals surface area (Å²) in [6.07, 6.45) is -10.4. The van der Waals surface area contributed by atoms with Gasteiger partial charge in [-0.3, -0.25) is 4.79 Å². The fourth-order valence-corrected chi connectivity index (χ4v) is 5.46. The maximum atomic E-state index is 12.9. The number of aliphatic hydroxyl groups is 7. The molecule has 1 heterocycles. The van der Waals surface area contributed by atoms with Gasteiger partial charge in [0.15, 0.2) is 12.6 Å². The molecule has 2 saturated carbocycles. The zero-order chi connectivity index (χ0) is 32.3. The maximum absolute atomic E-state index is 12.9. The number of carbonyl (C=O) groups is 1. The summed E-state index contributed by atoms with van der Waals surface area (Å²) >= 11 is 0. The summed E-state index contributed by atoms with van der Waals surface area (Å²) < 4.78 is 23.3. The molecule has 0 aromatic carbocycles. The van der Waals surface area contributed by atoms with Crippen LogP contribution in [0.15, 0.2) is 0 Å². The van der Waals surface area contributed by atoms with Crippen molar-refractivity contribution in [2.45, 2.75) is 118 Å². The summed E-state index contributed by atoms with van der Waals surface area (Å²) in [5, 5.41) is 77.1. The highest BCUT2D eigenvalue weighted by atomic mass is 16.7. The van der Waals surface area contributed by atoms with E-state index < -0.39 is 78.9 Å². The normalized spacial score (nSPS) is 39.2. The number of nitrogens with one attached hydrogen (secondary N) is 2. The molecule has 7 unspecified atom stereocenters. The van der Waals surface area contributed by atoms with E-state index in [1.54, 1.807) is 6.92 Å². The van der Waals surface area contributed by atoms with Crippen LogP contribution in [0.2, 0.25) is 0 Å². The summed E-state index contributed by atoms with van der Waals surface area (Å²) in [6, 6.07) is -2.13. The lowest BCUT2D eigenvalue weighted by Gasteiger charge is -2.48. The van der Waals surface area contributed by atoms with Crippen molar-refractivity contribution in [1.29, 1.82) is 0 Å². The van der Waals surface area contributed by atoms with Gasteiger partial charge in [0.05, 0.1) is 32.0 Å². The van der Waals surface area contributed by atoms with Crippen LogP contribution in [0.1, 0.15) is 39.0 Å². The molecule has 1 amide bonds. The molecular weight excluding hydrogens is 574 g/mol. The molecule has 0 spiro atoms. The fourth-order valence-electron chi connectivity index (χ4n) is 5.46. The number of aliphatic hydroxyl groups excluding tert-OH is 6. The predicted molar refractivity (Wildman–Crippen MR) is 151 cm³/mol. The average molecular weight is 628 g/mol. The van der Waals surface area contributed by atoms with Crippen molar-refractivity contribution >= 4 is 5.91 Å². The Balaban J connectivity index is 0.00000316. The first kappa shape index (κ1) is 38.1. The minimum atomic E-state index is -1.67. The molecule has 11 atom stereocenters. The summed E-state index contributed by atoms with van der Waals surface area (Å²) in [4.78, 5) is 12.9. The number of carbonyl (C=O) groups excluding carboxylic acids is 1. The zero-order valence-corrected chi connectivity index (χ0v) is 24.9. The first-order chi connectivity index (χ1) is 20.4. The Hall–Kier alpha value is -1.13. The third kappa shape index (κ3) is 10.2. The molecule has 0 bridgehead atoms. The van der Waals surface area contributed by atoms with Gasteiger partial charge in [-0.2, -0.15) is 0 Å². The molecular formula is C26H53N5O12. The van der Waals surface area contributed by atoms with E-state index in [0.717, 1.165) is 0 Å². The molecule has 1 saturated heterocycles. The minimum Gasteiger partial charge on any atom is -0.395 e. The topological polar surface area (TPSA) is 298 Å². The van der Waals surface area contributed by atoms with Gasteiger partial charge in [0.1, 0.15) is 42.2 Å². The first-order valence-corrected chi connectivity index (χ1v) is 14.8. The van der Waals surface area contributed by atoms with Gasteiger partial charge in [-0.15, -0.1) is 0 Å². The second-order valence-electron chi connectivity index (χ2n) is 11.1. The van der Waals surface area contributed by atoms with Gasteiger partial charge >= 0.3 is 0 Å². The van der Waals surface area contributed by atoms with Crippen LogP contribution in [-0.2, 0) is 23.7 Å². The number of rotatable bonds is 15. The van der Waals surface area contributed by atoms with E-state index in [1.165, 1.54) is 7.05 Å². The van der Waals surface area contributed by atoms with Gasteiger partial charge in [0, 0.05) is 44.4 Å². The van der Waals surface area contributed by atoms with Crippen LogP contribution in [0.3, 0.4) is 0 Å². The molecule has 3 rings (SSSR count). The van der Waals surface area contributed by atoms with Crippen LogP contribution in [0.5, 0.6) is 0 Å². The van der Waals surface area contributed by atoms with Crippen LogP contribution in [-0.4, -0.2) is 161 Å². The zero-order valence-electron chi connectivity index (χ0n) is 24.9. The first-order valence-electron chi connectivity index (χ1n) is 14.8. The molecule has 0 aromatic rings. The van der Waals surface area contributed by atoms with E-state index in [0.29, 0.717) is 0 Å². The Bertz CT molecular complexity index is 812. The summed E-state index contributed by atoms with van der Waals surface area (Å²) in [5.74, 6) is -0.702. The SMILES string of the molecule is CCC(O)C(OCCO)O[C@H]1C(NC(=O)C2(O)CC(N)C2)CC(N)[C@@H](O[C@@H]2CC(O)[C@H](O)C(CNCCO)O2)C1O.CN. The Labute approximate surface area is 251 Å². The van der Waals surface area contributed by atoms with Crippen molar-refractivity contribution in [3.8, 4) is 0 Å². The van der Waals surface area contributed by atoms with Gasteiger partial charge in [-0.1, -0.05) is 6.92 Å². The fraction of sp³-hybridized carbons (Fsp3) is 0.962. The van der Waals surface area contributed by atoms with Gasteiger partial charge in [-0.25, -0.2) is 0 Å². The van der Waals surface area contributed by atoms with E-state index in [9.17, 15) is 35.4 Å². The van der Waals surface area contributed by atoms with E-state index in [2.05, 4.69) is 16.4 Å². The van der Waals surface area contributed by atoms with E-state index in [4.69, 9.17) is 35.5 Å². The van der Waals surface area contributed by atoms with Gasteiger partial charge in [0.25, 0.3) is 5.91 Å². The molecule has 0 aromatic heterocycles. The minimum absolute atomic E-state index is 0.0224. The molecule has 2 aliphatic carbocycles. The van der Waals surface area contributed by atoms with Gasteiger partial charge in [0.2, 0.25) is 0 Å². The standard InChI is InChI=1S/C25H48N4O12.CH5N/c1-2-15(32)23(38-6-5-31)41-22-14(29-24(36)25(37)9-12(26)10-25)7-13(27)21(20(22)35)40-18-8-16(33)19(34)17(39-18)11-28-3-4-30;1-2/h12-23,28,30-35,37H,2-11,26-27H2,1H3,(H,29,36);2H2,1H3/t12?,13?,14?,15?,16?,17?,18-,19+,20?,21-,22+,23?,25?;/m1./s1. The quantitative estimate of drug-likeness (QED) is 0.0594. The molecule has 1 aliphatic heterocycles. The van der Waals surface area contributed by atoms with Crippen molar-refractivity contribution in [3.63, 3.8) is 0 Å². The van der Waals surface area contributed by atoms with Crippen molar-refractivity contribution in [1.82, 2.24) is 10.6 Å². The van der Waals surface area contributed by atoms with Crippen LogP contribution in [0.25, 0.3) is 0 Å². The number of ether oxygens (including phenoxy) is 4. The van der Waals surface area contributed by atoms with Crippen LogP contribution in [0, 0.1) is 0 Å². The van der Waals surface area contributed by atoms with Crippen LogP contribution >= 0.6 is 0 Å². The van der Waals surface area contributed by atoms with E-state index in [1.807, 2.05) is 0 Å². The monoisotopic (exact) mass is 627 g/mol. The van der Waals surface area contributed by atoms with E-state index >= 15 is 0 Å². The van der Waals surface area contributed by atoms with Crippen molar-refractivity contribution in [3.05, 3.63) is 0 Å². The number of amides is 1. The van der Waals surface area contributed by atoms with Gasteiger partial charge in [-0.05, 0) is 19.9 Å². The molecule has 17 heteroatoms. The Kier molecular flexibility index (Phi) is 16.0. The number of hydrogen-bond acceptors (Lipinski definition) is 16. The molecule has 15 N–H and O–H groups in total. The molecule has 254 valence electrons. The molecule has 3 aliphatic rings. The lowest BCUT2D eigenvalue weighted by molar-refractivity contribution is -0.296. The summed E-state index contributed by atoms with van der Waals surface area (Å²) in [7, 11) is 1.50. The third-order valence-corrected chi connectivity index (χ3v) is 7.83. The second-order valence-corrected chi connectivity index (χ2v) is 11.1. The Morgan fingerprint density at radius 2 is 1.74 bits per heavy atom. The van der Waals surface area contributed by atoms with Crippen molar-refractivity contribution in [2.24, 2.45) is 17.2 Å². The van der Waals surface area contributed by atoms with Gasteiger partial charge < -0.3 is 82.5 Å². The van der Waals surface area contributed by atoms with Crippen LogP contribution < -0.4 is 27.8 Å². The second kappa shape index (κ2) is 18.1.